The van der Waals surface area contributed by atoms with Crippen molar-refractivity contribution in [3.05, 3.63) is 29.8 Å². The van der Waals surface area contributed by atoms with Gasteiger partial charge in [0, 0.05) is 0 Å². The molecular formula is C22H35NO4S. The normalized spacial score (nSPS) is 15.6. The zero-order chi connectivity index (χ0) is 21.9. The number of hydrogen-bond donors (Lipinski definition) is 1. The number of hydrogen-bond acceptors (Lipinski definition) is 4. The molecule has 1 aromatic rings. The van der Waals surface area contributed by atoms with E-state index in [4.69, 9.17) is 4.74 Å². The van der Waals surface area contributed by atoms with Crippen molar-refractivity contribution in [1.82, 2.24) is 4.72 Å². The van der Waals surface area contributed by atoms with Gasteiger partial charge in [0.15, 0.2) is 11.0 Å². The highest BCUT2D eigenvalue weighted by Crippen LogP contribution is 2.31. The molecule has 0 saturated carbocycles. The third kappa shape index (κ3) is 6.73. The van der Waals surface area contributed by atoms with Crippen molar-refractivity contribution < 1.29 is 18.5 Å². The van der Waals surface area contributed by atoms with Crippen molar-refractivity contribution in [2.24, 2.45) is 11.3 Å². The molecule has 0 saturated heterocycles. The van der Waals surface area contributed by atoms with Crippen LogP contribution in [-0.2, 0) is 30.7 Å². The van der Waals surface area contributed by atoms with Gasteiger partial charge in [-0.05, 0) is 63.1 Å². The van der Waals surface area contributed by atoms with Crippen molar-refractivity contribution in [3.8, 4) is 0 Å². The molecule has 1 amide bonds. The molecule has 0 aromatic heterocycles. The molecule has 0 aliphatic carbocycles. The minimum Gasteiger partial charge on any atom is -0.459 e. The van der Waals surface area contributed by atoms with Crippen molar-refractivity contribution in [3.63, 3.8) is 0 Å². The molecule has 1 aromatic carbocycles. The molecule has 0 bridgehead atoms. The number of amides is 1. The van der Waals surface area contributed by atoms with Gasteiger partial charge in [-0.15, -0.1) is 0 Å². The van der Waals surface area contributed by atoms with E-state index in [0.717, 1.165) is 5.56 Å². The van der Waals surface area contributed by atoms with E-state index in [1.807, 2.05) is 32.0 Å². The maximum Gasteiger partial charge on any atom is 0.321 e. The van der Waals surface area contributed by atoms with Crippen molar-refractivity contribution in [2.75, 3.05) is 0 Å². The van der Waals surface area contributed by atoms with Gasteiger partial charge in [0.1, 0.15) is 11.0 Å². The summed E-state index contributed by atoms with van der Waals surface area (Å²) in [4.78, 5) is 26.3. The van der Waals surface area contributed by atoms with Gasteiger partial charge >= 0.3 is 5.97 Å². The Kier molecular flexibility index (Phi) is 7.62. The Labute approximate surface area is 172 Å². The summed E-state index contributed by atoms with van der Waals surface area (Å²) < 4.78 is 20.8. The SMILES string of the molecule is CC(C)C[C@](C)(C(=O)NS(=O)c1cccc(C(C)(C)C)c1)C(=O)OC(C)(C)C. The standard InChI is InChI=1S/C22H35NO4S/c1-15(2)14-22(9,19(25)27-21(6,7)8)18(24)23-28(26)17-12-10-11-16(13-17)20(3,4)5/h10-13,15H,14H2,1-9H3,(H,23,24)/t22-,28?/m1/s1. The van der Waals surface area contributed by atoms with Crippen LogP contribution in [0.1, 0.15) is 74.3 Å². The van der Waals surface area contributed by atoms with Gasteiger partial charge in [0.25, 0.3) is 0 Å². The minimum atomic E-state index is -1.77. The van der Waals surface area contributed by atoms with Crippen molar-refractivity contribution in [1.29, 1.82) is 0 Å². The molecule has 2 atom stereocenters. The highest BCUT2D eigenvalue weighted by atomic mass is 32.2. The third-order valence-electron chi connectivity index (χ3n) is 4.27. The van der Waals surface area contributed by atoms with Crippen LogP contribution in [0.2, 0.25) is 0 Å². The predicted octanol–water partition coefficient (Wildman–Crippen LogP) is 4.52. The number of esters is 1. The summed E-state index contributed by atoms with van der Waals surface area (Å²) in [5, 5.41) is 0. The van der Waals surface area contributed by atoms with Gasteiger partial charge in [-0.2, -0.15) is 0 Å². The second-order valence-corrected chi connectivity index (χ2v) is 11.1. The third-order valence-corrected chi connectivity index (χ3v) is 5.32. The fraction of sp³-hybridized carbons (Fsp3) is 0.636. The second-order valence-electron chi connectivity index (χ2n) is 9.91. The maximum absolute atomic E-state index is 13.0. The Morgan fingerprint density at radius 3 is 2.11 bits per heavy atom. The van der Waals surface area contributed by atoms with Gasteiger partial charge in [-0.3, -0.25) is 14.3 Å². The topological polar surface area (TPSA) is 72.5 Å². The monoisotopic (exact) mass is 409 g/mol. The molecule has 5 nitrogen and oxygen atoms in total. The average Bonchev–Trinajstić information content (AvgIpc) is 2.51. The van der Waals surface area contributed by atoms with Gasteiger partial charge in [-0.1, -0.05) is 46.8 Å². The van der Waals surface area contributed by atoms with E-state index in [0.29, 0.717) is 11.3 Å². The van der Waals surface area contributed by atoms with Crippen LogP contribution >= 0.6 is 0 Å². The average molecular weight is 410 g/mol. The zero-order valence-corrected chi connectivity index (χ0v) is 19.5. The van der Waals surface area contributed by atoms with E-state index in [2.05, 4.69) is 25.5 Å². The van der Waals surface area contributed by atoms with Crippen LogP contribution in [-0.4, -0.2) is 21.7 Å². The number of ether oxygens (including phenoxy) is 1. The summed E-state index contributed by atoms with van der Waals surface area (Å²) in [6.45, 7) is 16.9. The van der Waals surface area contributed by atoms with E-state index in [1.54, 1.807) is 33.8 Å². The first-order valence-electron chi connectivity index (χ1n) is 9.63. The van der Waals surface area contributed by atoms with Crippen molar-refractivity contribution in [2.45, 2.75) is 84.6 Å². The van der Waals surface area contributed by atoms with Crippen LogP contribution in [0.3, 0.4) is 0 Å². The first kappa shape index (κ1) is 24.3. The number of rotatable bonds is 6. The Bertz CT molecular complexity index is 744. The summed E-state index contributed by atoms with van der Waals surface area (Å²) in [7, 11) is -1.77. The summed E-state index contributed by atoms with van der Waals surface area (Å²) in [5.74, 6) is -1.11. The molecule has 1 unspecified atom stereocenters. The van der Waals surface area contributed by atoms with Gasteiger partial charge in [0.2, 0.25) is 5.91 Å². The van der Waals surface area contributed by atoms with Crippen LogP contribution in [0.4, 0.5) is 0 Å². The molecule has 0 aliphatic heterocycles. The fourth-order valence-corrected chi connectivity index (χ4v) is 3.76. The van der Waals surface area contributed by atoms with Gasteiger partial charge in [-0.25, -0.2) is 4.21 Å². The molecule has 0 heterocycles. The summed E-state index contributed by atoms with van der Waals surface area (Å²) in [6.07, 6.45) is 0.299. The van der Waals surface area contributed by atoms with Crippen LogP contribution < -0.4 is 4.72 Å². The van der Waals surface area contributed by atoms with Gasteiger partial charge in [0.05, 0.1) is 4.90 Å². The Hall–Kier alpha value is -1.69. The summed E-state index contributed by atoms with van der Waals surface area (Å²) >= 11 is 0. The Balaban J connectivity index is 3.11. The quantitative estimate of drug-likeness (QED) is 0.554. The van der Waals surface area contributed by atoms with Crippen LogP contribution in [0.15, 0.2) is 29.2 Å². The molecular weight excluding hydrogens is 374 g/mol. The molecule has 1 N–H and O–H groups in total. The van der Waals surface area contributed by atoms with E-state index in [1.165, 1.54) is 0 Å². The molecule has 0 spiro atoms. The van der Waals surface area contributed by atoms with Crippen LogP contribution in [0.5, 0.6) is 0 Å². The van der Waals surface area contributed by atoms with E-state index >= 15 is 0 Å². The molecule has 28 heavy (non-hydrogen) atoms. The number of nitrogens with one attached hydrogen (secondary N) is 1. The fourth-order valence-electron chi connectivity index (χ4n) is 2.81. The number of benzene rings is 1. The molecule has 6 heteroatoms. The number of carbonyl (C=O) groups excluding carboxylic acids is 2. The highest BCUT2D eigenvalue weighted by Gasteiger charge is 2.45. The number of carbonyl (C=O) groups is 2. The van der Waals surface area contributed by atoms with E-state index in [-0.39, 0.29) is 11.3 Å². The minimum absolute atomic E-state index is 0.0842. The van der Waals surface area contributed by atoms with Crippen LogP contribution in [0, 0.1) is 11.3 Å². The lowest BCUT2D eigenvalue weighted by atomic mass is 9.81. The van der Waals surface area contributed by atoms with Gasteiger partial charge < -0.3 is 4.74 Å². The molecule has 158 valence electrons. The Morgan fingerprint density at radius 1 is 1.07 bits per heavy atom. The lowest BCUT2D eigenvalue weighted by molar-refractivity contribution is -0.170. The predicted molar refractivity (Wildman–Crippen MR) is 113 cm³/mol. The maximum atomic E-state index is 13.0. The second kappa shape index (κ2) is 8.76. The lowest BCUT2D eigenvalue weighted by Gasteiger charge is -2.31. The van der Waals surface area contributed by atoms with E-state index in [9.17, 15) is 13.8 Å². The summed E-state index contributed by atoms with van der Waals surface area (Å²) in [6, 6.07) is 7.32. The largest absolute Gasteiger partial charge is 0.459 e. The first-order chi connectivity index (χ1) is 12.6. The molecule has 1 rings (SSSR count). The van der Waals surface area contributed by atoms with E-state index < -0.39 is 33.9 Å². The molecule has 0 radical (unpaired) electrons. The molecule has 0 aliphatic rings. The first-order valence-corrected chi connectivity index (χ1v) is 10.8. The summed E-state index contributed by atoms with van der Waals surface area (Å²) in [5.41, 5.74) is -1.22. The lowest BCUT2D eigenvalue weighted by Crippen LogP contribution is -2.48. The van der Waals surface area contributed by atoms with Crippen molar-refractivity contribution >= 4 is 22.9 Å². The highest BCUT2D eigenvalue weighted by molar-refractivity contribution is 7.83. The Morgan fingerprint density at radius 2 is 1.64 bits per heavy atom. The zero-order valence-electron chi connectivity index (χ0n) is 18.6. The molecule has 0 fully saturated rings. The smallest absolute Gasteiger partial charge is 0.321 e. The van der Waals surface area contributed by atoms with Crippen LogP contribution in [0.25, 0.3) is 0 Å².